The van der Waals surface area contributed by atoms with Gasteiger partial charge in [0.1, 0.15) is 0 Å². The summed E-state index contributed by atoms with van der Waals surface area (Å²) >= 11 is 1.53. The Labute approximate surface area is 119 Å². The summed E-state index contributed by atoms with van der Waals surface area (Å²) in [6.45, 7) is 1.97. The van der Waals surface area contributed by atoms with Gasteiger partial charge >= 0.3 is 0 Å². The minimum absolute atomic E-state index is 0.150. The summed E-state index contributed by atoms with van der Waals surface area (Å²) in [6, 6.07) is 7.47. The van der Waals surface area contributed by atoms with Gasteiger partial charge in [0.15, 0.2) is 0 Å². The predicted octanol–water partition coefficient (Wildman–Crippen LogP) is 2.22. The molecule has 0 unspecified atom stereocenters. The number of hydrogen-bond donors (Lipinski definition) is 2. The van der Waals surface area contributed by atoms with Crippen molar-refractivity contribution >= 4 is 27.5 Å². The molecule has 0 aromatic heterocycles. The van der Waals surface area contributed by atoms with Gasteiger partial charge in [0.25, 0.3) is 0 Å². The van der Waals surface area contributed by atoms with Crippen LogP contribution in [0.5, 0.6) is 0 Å². The molecule has 0 amide bonds. The molecule has 0 atom stereocenters. The van der Waals surface area contributed by atoms with Crippen LogP contribution in [0.4, 0.5) is 5.69 Å². The lowest BCUT2D eigenvalue weighted by molar-refractivity contribution is 0.248. The highest BCUT2D eigenvalue weighted by Gasteiger charge is 2.35. The van der Waals surface area contributed by atoms with Crippen LogP contribution in [0.2, 0.25) is 0 Å². The normalized spacial score (nSPS) is 17.9. The Balaban J connectivity index is 1.79. The summed E-state index contributed by atoms with van der Waals surface area (Å²) in [7, 11) is -3.17. The predicted molar refractivity (Wildman–Crippen MR) is 80.8 cm³/mol. The molecule has 6 heteroatoms. The van der Waals surface area contributed by atoms with E-state index in [-0.39, 0.29) is 11.3 Å². The molecule has 1 saturated carbocycles. The number of anilines is 1. The van der Waals surface area contributed by atoms with E-state index >= 15 is 0 Å². The summed E-state index contributed by atoms with van der Waals surface area (Å²) in [5.41, 5.74) is 6.12. The second kappa shape index (κ2) is 5.73. The second-order valence-electron chi connectivity index (χ2n) is 5.25. The van der Waals surface area contributed by atoms with Crippen LogP contribution in [-0.2, 0) is 10.0 Å². The van der Waals surface area contributed by atoms with Crippen molar-refractivity contribution in [2.75, 3.05) is 17.2 Å². The Kier molecular flexibility index (Phi) is 4.43. The van der Waals surface area contributed by atoms with Crippen molar-refractivity contribution in [3.05, 3.63) is 24.3 Å². The van der Waals surface area contributed by atoms with E-state index in [0.29, 0.717) is 5.75 Å². The standard InChI is InChI=1S/C13H20N2O2S2/c1-13(7-2-8-13)15-19(16,17)10-9-18-12-5-3-11(14)4-6-12/h3-6,15H,2,7-10,14H2,1H3. The zero-order valence-electron chi connectivity index (χ0n) is 11.1. The highest BCUT2D eigenvalue weighted by molar-refractivity contribution is 8.00. The van der Waals surface area contributed by atoms with E-state index in [1.54, 1.807) is 0 Å². The first-order valence-corrected chi connectivity index (χ1v) is 9.02. The maximum Gasteiger partial charge on any atom is 0.212 e. The van der Waals surface area contributed by atoms with E-state index in [1.807, 2.05) is 31.2 Å². The van der Waals surface area contributed by atoms with Gasteiger partial charge in [-0.1, -0.05) is 0 Å². The zero-order valence-corrected chi connectivity index (χ0v) is 12.7. The topological polar surface area (TPSA) is 72.2 Å². The van der Waals surface area contributed by atoms with Gasteiger partial charge in [-0.25, -0.2) is 13.1 Å². The van der Waals surface area contributed by atoms with Gasteiger partial charge in [0.2, 0.25) is 10.0 Å². The minimum atomic E-state index is -3.17. The maximum absolute atomic E-state index is 11.9. The number of sulfonamides is 1. The Morgan fingerprint density at radius 3 is 2.47 bits per heavy atom. The van der Waals surface area contributed by atoms with Crippen LogP contribution >= 0.6 is 11.8 Å². The molecule has 4 nitrogen and oxygen atoms in total. The van der Waals surface area contributed by atoms with Crippen molar-refractivity contribution in [3.8, 4) is 0 Å². The molecule has 1 aromatic carbocycles. The highest BCUT2D eigenvalue weighted by atomic mass is 32.2. The van der Waals surface area contributed by atoms with Crippen molar-refractivity contribution in [2.24, 2.45) is 0 Å². The van der Waals surface area contributed by atoms with Crippen molar-refractivity contribution in [1.29, 1.82) is 0 Å². The van der Waals surface area contributed by atoms with E-state index in [4.69, 9.17) is 5.73 Å². The van der Waals surface area contributed by atoms with E-state index in [9.17, 15) is 8.42 Å². The number of rotatable bonds is 6. The second-order valence-corrected chi connectivity index (χ2v) is 8.26. The lowest BCUT2D eigenvalue weighted by Gasteiger charge is -2.38. The molecule has 1 aliphatic carbocycles. The monoisotopic (exact) mass is 300 g/mol. The lowest BCUT2D eigenvalue weighted by atomic mass is 9.80. The summed E-state index contributed by atoms with van der Waals surface area (Å²) in [5, 5.41) is 0. The van der Waals surface area contributed by atoms with Crippen LogP contribution in [0.15, 0.2) is 29.2 Å². The van der Waals surface area contributed by atoms with Crippen molar-refractivity contribution in [3.63, 3.8) is 0 Å². The number of nitrogen functional groups attached to an aromatic ring is 1. The van der Waals surface area contributed by atoms with Gasteiger partial charge in [-0.3, -0.25) is 0 Å². The Morgan fingerprint density at radius 2 is 1.95 bits per heavy atom. The quantitative estimate of drug-likeness (QED) is 0.624. The smallest absolute Gasteiger partial charge is 0.212 e. The largest absolute Gasteiger partial charge is 0.399 e. The van der Waals surface area contributed by atoms with Crippen molar-refractivity contribution in [2.45, 2.75) is 36.6 Å². The molecule has 0 heterocycles. The lowest BCUT2D eigenvalue weighted by Crippen LogP contribution is -2.51. The van der Waals surface area contributed by atoms with Gasteiger partial charge in [0.05, 0.1) is 5.75 Å². The number of hydrogen-bond acceptors (Lipinski definition) is 4. The third kappa shape index (κ3) is 4.40. The molecular formula is C13H20N2O2S2. The number of nitrogens with one attached hydrogen (secondary N) is 1. The van der Waals surface area contributed by atoms with Crippen LogP contribution in [0.3, 0.4) is 0 Å². The molecular weight excluding hydrogens is 280 g/mol. The van der Waals surface area contributed by atoms with Crippen LogP contribution < -0.4 is 10.5 Å². The van der Waals surface area contributed by atoms with Gasteiger partial charge in [-0.15, -0.1) is 11.8 Å². The molecule has 0 saturated heterocycles. The molecule has 106 valence electrons. The molecule has 2 rings (SSSR count). The van der Waals surface area contributed by atoms with Crippen molar-refractivity contribution < 1.29 is 8.42 Å². The third-order valence-corrected chi connectivity index (χ3v) is 6.18. The van der Waals surface area contributed by atoms with E-state index < -0.39 is 10.0 Å². The summed E-state index contributed by atoms with van der Waals surface area (Å²) in [5.74, 6) is 0.701. The average Bonchev–Trinajstić information content (AvgIpc) is 2.29. The van der Waals surface area contributed by atoms with Gasteiger partial charge in [-0.2, -0.15) is 0 Å². The molecule has 0 radical (unpaired) electrons. The third-order valence-electron chi connectivity index (χ3n) is 3.36. The van der Waals surface area contributed by atoms with E-state index in [0.717, 1.165) is 29.8 Å². The maximum atomic E-state index is 11.9. The zero-order chi connectivity index (χ0) is 13.9. The number of nitrogens with two attached hydrogens (primary N) is 1. The summed E-state index contributed by atoms with van der Waals surface area (Å²) in [6.07, 6.45) is 2.99. The Bertz CT molecular complexity index is 522. The molecule has 1 fully saturated rings. The number of benzene rings is 1. The minimum Gasteiger partial charge on any atom is -0.399 e. The van der Waals surface area contributed by atoms with E-state index in [2.05, 4.69) is 4.72 Å². The number of thioether (sulfide) groups is 1. The summed E-state index contributed by atoms with van der Waals surface area (Å²) < 4.78 is 26.7. The van der Waals surface area contributed by atoms with E-state index in [1.165, 1.54) is 11.8 Å². The fraction of sp³-hybridized carbons (Fsp3) is 0.538. The summed E-state index contributed by atoms with van der Waals surface area (Å²) in [4.78, 5) is 1.04. The molecule has 3 N–H and O–H groups in total. The highest BCUT2D eigenvalue weighted by Crippen LogP contribution is 2.31. The fourth-order valence-corrected chi connectivity index (χ4v) is 4.90. The molecule has 1 aliphatic rings. The molecule has 0 aliphatic heterocycles. The van der Waals surface area contributed by atoms with Gasteiger partial charge < -0.3 is 5.73 Å². The first-order chi connectivity index (χ1) is 8.89. The van der Waals surface area contributed by atoms with Gasteiger partial charge in [-0.05, 0) is 50.5 Å². The molecule has 1 aromatic rings. The molecule has 0 bridgehead atoms. The van der Waals surface area contributed by atoms with Gasteiger partial charge in [0, 0.05) is 21.9 Å². The molecule has 19 heavy (non-hydrogen) atoms. The Hall–Kier alpha value is -0.720. The first kappa shape index (κ1) is 14.7. The Morgan fingerprint density at radius 1 is 1.32 bits per heavy atom. The van der Waals surface area contributed by atoms with Crippen molar-refractivity contribution in [1.82, 2.24) is 4.72 Å². The van der Waals surface area contributed by atoms with Crippen LogP contribution in [0.1, 0.15) is 26.2 Å². The SMILES string of the molecule is CC1(NS(=O)(=O)CCSc2ccc(N)cc2)CCC1. The van der Waals surface area contributed by atoms with Crippen LogP contribution in [0.25, 0.3) is 0 Å². The van der Waals surface area contributed by atoms with Crippen LogP contribution in [0, 0.1) is 0 Å². The van der Waals surface area contributed by atoms with Crippen LogP contribution in [-0.4, -0.2) is 25.5 Å². The molecule has 0 spiro atoms. The first-order valence-electron chi connectivity index (χ1n) is 6.39. The average molecular weight is 300 g/mol. The fourth-order valence-electron chi connectivity index (χ4n) is 2.07.